The van der Waals surface area contributed by atoms with E-state index < -0.39 is 0 Å². The summed E-state index contributed by atoms with van der Waals surface area (Å²) in [7, 11) is 0. The van der Waals surface area contributed by atoms with Crippen molar-refractivity contribution in [2.24, 2.45) is 0 Å². The van der Waals surface area contributed by atoms with E-state index in [4.69, 9.17) is 0 Å². The van der Waals surface area contributed by atoms with Crippen LogP contribution in [0.25, 0.3) is 11.0 Å². The van der Waals surface area contributed by atoms with Gasteiger partial charge >= 0.3 is 0 Å². The van der Waals surface area contributed by atoms with E-state index in [0.717, 1.165) is 37.0 Å². The number of aromatic nitrogens is 3. The van der Waals surface area contributed by atoms with Gasteiger partial charge in [-0.3, -0.25) is 9.89 Å². The molecule has 0 aliphatic carbocycles. The maximum atomic E-state index is 11.3. The van der Waals surface area contributed by atoms with Crippen LogP contribution in [0.1, 0.15) is 31.4 Å². The molecule has 18 heavy (non-hydrogen) atoms. The minimum absolute atomic E-state index is 0.171. The highest BCUT2D eigenvalue weighted by atomic mass is 16.2. The first kappa shape index (κ1) is 11.2. The summed E-state index contributed by atoms with van der Waals surface area (Å²) in [6.45, 7) is 3.30. The van der Waals surface area contributed by atoms with Crippen molar-refractivity contribution >= 4 is 16.9 Å². The Bertz CT molecular complexity index is 569. The SMILES string of the molecule is CC(=O)N1CCC(c2[nH]nc3ncccc23)CC1. The molecule has 0 bridgehead atoms. The minimum Gasteiger partial charge on any atom is -0.343 e. The summed E-state index contributed by atoms with van der Waals surface area (Å²) < 4.78 is 0. The van der Waals surface area contributed by atoms with E-state index in [1.807, 2.05) is 11.0 Å². The van der Waals surface area contributed by atoms with Crippen LogP contribution in [-0.2, 0) is 4.79 Å². The molecule has 5 heteroatoms. The number of likely N-dealkylation sites (tertiary alicyclic amines) is 1. The number of aromatic amines is 1. The van der Waals surface area contributed by atoms with Crippen molar-refractivity contribution in [3.63, 3.8) is 0 Å². The Morgan fingerprint density at radius 1 is 1.44 bits per heavy atom. The second kappa shape index (κ2) is 4.40. The lowest BCUT2D eigenvalue weighted by atomic mass is 9.92. The number of rotatable bonds is 1. The number of fused-ring (bicyclic) bond motifs is 1. The molecule has 2 aromatic rings. The van der Waals surface area contributed by atoms with Crippen molar-refractivity contribution in [3.8, 4) is 0 Å². The van der Waals surface area contributed by atoms with Gasteiger partial charge in [-0.05, 0) is 25.0 Å². The molecule has 0 saturated carbocycles. The second-order valence-corrected chi connectivity index (χ2v) is 4.79. The molecule has 1 saturated heterocycles. The molecule has 3 rings (SSSR count). The summed E-state index contributed by atoms with van der Waals surface area (Å²) in [6, 6.07) is 3.99. The van der Waals surface area contributed by atoms with Crippen LogP contribution in [0.5, 0.6) is 0 Å². The first-order valence-electron chi connectivity index (χ1n) is 6.30. The Kier molecular flexibility index (Phi) is 2.74. The maximum Gasteiger partial charge on any atom is 0.219 e. The van der Waals surface area contributed by atoms with E-state index in [9.17, 15) is 4.79 Å². The van der Waals surface area contributed by atoms with E-state index in [0.29, 0.717) is 5.92 Å². The molecule has 94 valence electrons. The first-order chi connectivity index (χ1) is 8.75. The Labute approximate surface area is 105 Å². The summed E-state index contributed by atoms with van der Waals surface area (Å²) in [5.74, 6) is 0.624. The average Bonchev–Trinajstić information content (AvgIpc) is 2.82. The topological polar surface area (TPSA) is 61.9 Å². The molecule has 1 fully saturated rings. The Morgan fingerprint density at radius 2 is 2.22 bits per heavy atom. The molecular formula is C13H16N4O. The standard InChI is InChI=1S/C13H16N4O/c1-9(18)17-7-4-10(5-8-17)12-11-3-2-6-14-13(11)16-15-12/h2-3,6,10H,4-5,7-8H2,1H3,(H,14,15,16). The zero-order valence-electron chi connectivity index (χ0n) is 10.4. The normalized spacial score (nSPS) is 17.3. The fraction of sp³-hybridized carbons (Fsp3) is 0.462. The molecule has 0 unspecified atom stereocenters. The van der Waals surface area contributed by atoms with Gasteiger partial charge < -0.3 is 4.90 Å². The number of piperidine rings is 1. The third-order valence-electron chi connectivity index (χ3n) is 3.71. The molecule has 1 aliphatic heterocycles. The van der Waals surface area contributed by atoms with Gasteiger partial charge in [-0.25, -0.2) is 4.98 Å². The smallest absolute Gasteiger partial charge is 0.219 e. The highest BCUT2D eigenvalue weighted by molar-refractivity contribution is 5.78. The van der Waals surface area contributed by atoms with E-state index >= 15 is 0 Å². The maximum absolute atomic E-state index is 11.3. The van der Waals surface area contributed by atoms with Crippen molar-refractivity contribution in [1.29, 1.82) is 0 Å². The number of amides is 1. The number of nitrogens with zero attached hydrogens (tertiary/aromatic N) is 3. The monoisotopic (exact) mass is 244 g/mol. The Hall–Kier alpha value is -1.91. The van der Waals surface area contributed by atoms with Crippen molar-refractivity contribution < 1.29 is 4.79 Å². The number of hydrogen-bond acceptors (Lipinski definition) is 3. The van der Waals surface area contributed by atoms with Gasteiger partial charge in [-0.1, -0.05) is 0 Å². The number of carbonyl (C=O) groups excluding carboxylic acids is 1. The van der Waals surface area contributed by atoms with Gasteiger partial charge in [0.2, 0.25) is 5.91 Å². The Balaban J connectivity index is 1.82. The molecule has 1 aliphatic rings. The molecule has 3 heterocycles. The highest BCUT2D eigenvalue weighted by Gasteiger charge is 2.24. The molecule has 5 nitrogen and oxygen atoms in total. The number of pyridine rings is 1. The van der Waals surface area contributed by atoms with E-state index in [2.05, 4.69) is 21.2 Å². The van der Waals surface area contributed by atoms with E-state index in [1.54, 1.807) is 13.1 Å². The largest absolute Gasteiger partial charge is 0.343 e. The van der Waals surface area contributed by atoms with Crippen LogP contribution < -0.4 is 0 Å². The van der Waals surface area contributed by atoms with Crippen molar-refractivity contribution in [2.45, 2.75) is 25.7 Å². The molecule has 0 radical (unpaired) electrons. The zero-order valence-corrected chi connectivity index (χ0v) is 10.4. The zero-order chi connectivity index (χ0) is 12.5. The summed E-state index contributed by atoms with van der Waals surface area (Å²) in [6.07, 6.45) is 3.74. The average molecular weight is 244 g/mol. The Morgan fingerprint density at radius 3 is 2.94 bits per heavy atom. The highest BCUT2D eigenvalue weighted by Crippen LogP contribution is 2.30. The lowest BCUT2D eigenvalue weighted by Crippen LogP contribution is -2.36. The molecule has 1 amide bonds. The first-order valence-corrected chi connectivity index (χ1v) is 6.30. The van der Waals surface area contributed by atoms with Crippen LogP contribution in [0, 0.1) is 0 Å². The van der Waals surface area contributed by atoms with E-state index in [1.165, 1.54) is 5.69 Å². The van der Waals surface area contributed by atoms with Gasteiger partial charge in [0.1, 0.15) is 0 Å². The minimum atomic E-state index is 0.171. The van der Waals surface area contributed by atoms with E-state index in [-0.39, 0.29) is 5.91 Å². The quantitative estimate of drug-likeness (QED) is 0.830. The predicted octanol–water partition coefficient (Wildman–Crippen LogP) is 1.68. The number of H-pyrrole nitrogens is 1. The summed E-state index contributed by atoms with van der Waals surface area (Å²) in [5, 5.41) is 8.45. The molecule has 0 spiro atoms. The lowest BCUT2D eigenvalue weighted by molar-refractivity contribution is -0.129. The summed E-state index contributed by atoms with van der Waals surface area (Å²) >= 11 is 0. The third-order valence-corrected chi connectivity index (χ3v) is 3.71. The number of carbonyl (C=O) groups is 1. The van der Waals surface area contributed by atoms with Crippen LogP contribution in [-0.4, -0.2) is 39.1 Å². The third kappa shape index (κ3) is 1.85. The molecule has 1 N–H and O–H groups in total. The van der Waals surface area contributed by atoms with Crippen molar-refractivity contribution in [1.82, 2.24) is 20.1 Å². The van der Waals surface area contributed by atoms with Crippen molar-refractivity contribution in [3.05, 3.63) is 24.0 Å². The molecular weight excluding hydrogens is 228 g/mol. The van der Waals surface area contributed by atoms with Gasteiger partial charge in [0, 0.05) is 43.2 Å². The number of nitrogens with one attached hydrogen (secondary N) is 1. The van der Waals surface area contributed by atoms with Gasteiger partial charge in [-0.2, -0.15) is 5.10 Å². The summed E-state index contributed by atoms with van der Waals surface area (Å²) in [4.78, 5) is 17.4. The van der Waals surface area contributed by atoms with Gasteiger partial charge in [0.05, 0.1) is 0 Å². The van der Waals surface area contributed by atoms with Crippen LogP contribution in [0.2, 0.25) is 0 Å². The van der Waals surface area contributed by atoms with Gasteiger partial charge in [-0.15, -0.1) is 0 Å². The van der Waals surface area contributed by atoms with Gasteiger partial charge in [0.15, 0.2) is 5.65 Å². The van der Waals surface area contributed by atoms with Crippen LogP contribution in [0.4, 0.5) is 0 Å². The van der Waals surface area contributed by atoms with Crippen molar-refractivity contribution in [2.75, 3.05) is 13.1 Å². The lowest BCUT2D eigenvalue weighted by Gasteiger charge is -2.30. The van der Waals surface area contributed by atoms with Crippen LogP contribution in [0.3, 0.4) is 0 Å². The van der Waals surface area contributed by atoms with Gasteiger partial charge in [0.25, 0.3) is 0 Å². The molecule has 0 aromatic carbocycles. The second-order valence-electron chi connectivity index (χ2n) is 4.79. The number of hydrogen-bond donors (Lipinski definition) is 1. The summed E-state index contributed by atoms with van der Waals surface area (Å²) in [5.41, 5.74) is 1.95. The molecule has 0 atom stereocenters. The van der Waals surface area contributed by atoms with Crippen LogP contribution >= 0.6 is 0 Å². The predicted molar refractivity (Wildman–Crippen MR) is 68.1 cm³/mol. The molecule has 2 aromatic heterocycles. The fourth-order valence-electron chi connectivity index (χ4n) is 2.66. The van der Waals surface area contributed by atoms with Crippen LogP contribution in [0.15, 0.2) is 18.3 Å². The fourth-order valence-corrected chi connectivity index (χ4v) is 2.66.